The number of rotatable bonds is 7. The third-order valence-electron chi connectivity index (χ3n) is 8.78. The van der Waals surface area contributed by atoms with E-state index in [9.17, 15) is 9.59 Å². The van der Waals surface area contributed by atoms with Crippen LogP contribution in [0.5, 0.6) is 0 Å². The Labute approximate surface area is 231 Å². The van der Waals surface area contributed by atoms with Gasteiger partial charge in [-0.3, -0.25) is 14.3 Å². The molecule has 3 aliphatic rings. The summed E-state index contributed by atoms with van der Waals surface area (Å²) >= 11 is 0. The molecule has 2 aromatic carbocycles. The molecule has 2 fully saturated rings. The Hall–Kier alpha value is -3.45. The van der Waals surface area contributed by atoms with Crippen LogP contribution in [0.15, 0.2) is 48.7 Å². The molecule has 1 saturated carbocycles. The SMILES string of the molecule is Cc1cc(C(=O)N2Cc3cnn(C)c3Cc3ccccc32)ccc1CCC(=O)N(CC1CCNCC1)C1CC1. The van der Waals surface area contributed by atoms with E-state index in [1.54, 1.807) is 0 Å². The summed E-state index contributed by atoms with van der Waals surface area (Å²) in [6, 6.07) is 14.6. The summed E-state index contributed by atoms with van der Waals surface area (Å²) in [5, 5.41) is 7.87. The van der Waals surface area contributed by atoms with Gasteiger partial charge in [0.2, 0.25) is 5.91 Å². The first kappa shape index (κ1) is 25.8. The summed E-state index contributed by atoms with van der Waals surface area (Å²) in [7, 11) is 1.96. The molecule has 0 unspecified atom stereocenters. The monoisotopic (exact) mass is 525 g/mol. The van der Waals surface area contributed by atoms with Crippen molar-refractivity contribution in [2.75, 3.05) is 24.5 Å². The number of amides is 2. The van der Waals surface area contributed by atoms with Gasteiger partial charge < -0.3 is 15.1 Å². The molecule has 1 aromatic heterocycles. The lowest BCUT2D eigenvalue weighted by molar-refractivity contribution is -0.132. The summed E-state index contributed by atoms with van der Waals surface area (Å²) < 4.78 is 1.91. The van der Waals surface area contributed by atoms with Crippen LogP contribution in [0.1, 0.15) is 70.4 Å². The maximum atomic E-state index is 13.9. The van der Waals surface area contributed by atoms with Crippen molar-refractivity contribution in [2.45, 2.75) is 64.5 Å². The Morgan fingerprint density at radius 2 is 1.85 bits per heavy atom. The second-order valence-corrected chi connectivity index (χ2v) is 11.5. The number of carbonyl (C=O) groups excluding carboxylic acids is 2. The van der Waals surface area contributed by atoms with Crippen molar-refractivity contribution in [3.8, 4) is 0 Å². The molecule has 39 heavy (non-hydrogen) atoms. The third kappa shape index (κ3) is 5.50. The van der Waals surface area contributed by atoms with Crippen LogP contribution in [0.2, 0.25) is 0 Å². The largest absolute Gasteiger partial charge is 0.339 e. The quantitative estimate of drug-likeness (QED) is 0.496. The van der Waals surface area contributed by atoms with Gasteiger partial charge in [0.15, 0.2) is 0 Å². The van der Waals surface area contributed by atoms with E-state index in [0.717, 1.165) is 85.4 Å². The number of piperidine rings is 1. The minimum Gasteiger partial charge on any atom is -0.339 e. The first-order valence-corrected chi connectivity index (χ1v) is 14.5. The van der Waals surface area contributed by atoms with Crippen LogP contribution in [-0.2, 0) is 31.2 Å². The molecule has 0 atom stereocenters. The lowest BCUT2D eigenvalue weighted by atomic mass is 9.96. The zero-order valence-electron chi connectivity index (χ0n) is 23.2. The van der Waals surface area contributed by atoms with Gasteiger partial charge in [0.25, 0.3) is 5.91 Å². The molecular formula is C32H39N5O2. The van der Waals surface area contributed by atoms with E-state index in [0.29, 0.717) is 36.9 Å². The smallest absolute Gasteiger partial charge is 0.258 e. The van der Waals surface area contributed by atoms with E-state index in [2.05, 4.69) is 28.3 Å². The van der Waals surface area contributed by atoms with Gasteiger partial charge in [-0.25, -0.2) is 0 Å². The molecule has 2 amide bonds. The number of anilines is 1. The molecule has 1 N–H and O–H groups in total. The molecule has 0 radical (unpaired) electrons. The minimum absolute atomic E-state index is 0.00763. The molecule has 204 valence electrons. The van der Waals surface area contributed by atoms with Gasteiger partial charge in [0, 0.05) is 55.0 Å². The predicted molar refractivity (Wildman–Crippen MR) is 153 cm³/mol. The van der Waals surface area contributed by atoms with E-state index >= 15 is 0 Å². The minimum atomic E-state index is -0.00763. The zero-order valence-corrected chi connectivity index (χ0v) is 23.2. The third-order valence-corrected chi connectivity index (χ3v) is 8.78. The van der Waals surface area contributed by atoms with Crippen molar-refractivity contribution in [3.63, 3.8) is 0 Å². The van der Waals surface area contributed by atoms with Crippen LogP contribution in [0.4, 0.5) is 5.69 Å². The second-order valence-electron chi connectivity index (χ2n) is 11.5. The van der Waals surface area contributed by atoms with Crippen LogP contribution in [0.3, 0.4) is 0 Å². The average molecular weight is 526 g/mol. The number of nitrogens with one attached hydrogen (secondary N) is 1. The van der Waals surface area contributed by atoms with Gasteiger partial charge in [-0.15, -0.1) is 0 Å². The number of hydrogen-bond donors (Lipinski definition) is 1. The Balaban J connectivity index is 1.15. The molecule has 2 aliphatic heterocycles. The number of fused-ring (bicyclic) bond motifs is 2. The number of aromatic nitrogens is 2. The molecule has 3 heterocycles. The zero-order chi connectivity index (χ0) is 26.9. The summed E-state index contributed by atoms with van der Waals surface area (Å²) in [5.74, 6) is 0.894. The van der Waals surface area contributed by atoms with Crippen molar-refractivity contribution in [3.05, 3.63) is 82.2 Å². The van der Waals surface area contributed by atoms with Crippen molar-refractivity contribution in [1.29, 1.82) is 0 Å². The first-order valence-electron chi connectivity index (χ1n) is 14.5. The molecular weight excluding hydrogens is 486 g/mol. The molecule has 1 saturated heterocycles. The van der Waals surface area contributed by atoms with Crippen molar-refractivity contribution >= 4 is 17.5 Å². The first-order chi connectivity index (χ1) is 19.0. The molecule has 3 aromatic rings. The Kier molecular flexibility index (Phi) is 7.26. The van der Waals surface area contributed by atoms with Crippen LogP contribution in [0, 0.1) is 12.8 Å². The van der Waals surface area contributed by atoms with E-state index < -0.39 is 0 Å². The predicted octanol–water partition coefficient (Wildman–Crippen LogP) is 4.40. The normalized spacial score (nSPS) is 17.3. The maximum absolute atomic E-state index is 13.9. The van der Waals surface area contributed by atoms with Gasteiger partial charge in [-0.05, 0) is 92.9 Å². The van der Waals surface area contributed by atoms with E-state index in [4.69, 9.17) is 0 Å². The van der Waals surface area contributed by atoms with Crippen molar-refractivity contribution in [2.24, 2.45) is 13.0 Å². The fraction of sp³-hybridized carbons (Fsp3) is 0.469. The Morgan fingerprint density at radius 3 is 2.62 bits per heavy atom. The fourth-order valence-corrected chi connectivity index (χ4v) is 6.24. The van der Waals surface area contributed by atoms with E-state index in [1.165, 1.54) is 0 Å². The maximum Gasteiger partial charge on any atom is 0.258 e. The molecule has 7 nitrogen and oxygen atoms in total. The summed E-state index contributed by atoms with van der Waals surface area (Å²) in [4.78, 5) is 31.2. The average Bonchev–Trinajstić information content (AvgIpc) is 3.76. The van der Waals surface area contributed by atoms with E-state index in [1.807, 2.05) is 59.2 Å². The lowest BCUT2D eigenvalue weighted by Crippen LogP contribution is -2.40. The Morgan fingerprint density at radius 1 is 1.05 bits per heavy atom. The molecule has 0 spiro atoms. The highest BCUT2D eigenvalue weighted by Crippen LogP contribution is 2.32. The second kappa shape index (κ2) is 11.0. The Bertz CT molecular complexity index is 1370. The van der Waals surface area contributed by atoms with E-state index in [-0.39, 0.29) is 11.8 Å². The standard InChI is InChI=1S/C32H39N5O2/c1-22-17-26(32(39)37-21-27-19-34-35(2)30(27)18-25-5-3-4-6-29(25)37)8-7-24(22)9-12-31(38)36(28-10-11-28)20-23-13-15-33-16-14-23/h3-8,17,19,23,28,33H,9-16,18,20-21H2,1-2H3. The number of aryl methyl sites for hydroxylation is 3. The molecule has 0 bridgehead atoms. The molecule has 7 heteroatoms. The summed E-state index contributed by atoms with van der Waals surface area (Å²) in [6.45, 7) is 5.60. The fourth-order valence-electron chi connectivity index (χ4n) is 6.24. The van der Waals surface area contributed by atoms with Gasteiger partial charge in [-0.1, -0.05) is 24.3 Å². The topological polar surface area (TPSA) is 70.5 Å². The van der Waals surface area contributed by atoms with Gasteiger partial charge in [-0.2, -0.15) is 5.10 Å². The lowest BCUT2D eigenvalue weighted by Gasteiger charge is -2.30. The van der Waals surface area contributed by atoms with Gasteiger partial charge in [0.1, 0.15) is 0 Å². The number of benzene rings is 2. The van der Waals surface area contributed by atoms with Gasteiger partial charge in [0.05, 0.1) is 12.7 Å². The number of para-hydroxylation sites is 1. The van der Waals surface area contributed by atoms with Crippen molar-refractivity contribution < 1.29 is 9.59 Å². The number of nitrogens with zero attached hydrogens (tertiary/aromatic N) is 4. The molecule has 1 aliphatic carbocycles. The highest BCUT2D eigenvalue weighted by atomic mass is 16.2. The number of hydrogen-bond acceptors (Lipinski definition) is 4. The van der Waals surface area contributed by atoms with Crippen LogP contribution < -0.4 is 10.2 Å². The number of carbonyl (C=O) groups is 2. The van der Waals surface area contributed by atoms with Gasteiger partial charge >= 0.3 is 0 Å². The highest BCUT2D eigenvalue weighted by Gasteiger charge is 2.34. The molecule has 6 rings (SSSR count). The van der Waals surface area contributed by atoms with Crippen LogP contribution in [0.25, 0.3) is 0 Å². The van der Waals surface area contributed by atoms with Crippen LogP contribution in [-0.4, -0.2) is 52.2 Å². The summed E-state index contributed by atoms with van der Waals surface area (Å²) in [6.07, 6.45) is 8.48. The van der Waals surface area contributed by atoms with Crippen molar-refractivity contribution in [1.82, 2.24) is 20.0 Å². The van der Waals surface area contributed by atoms with Crippen LogP contribution >= 0.6 is 0 Å². The summed E-state index contributed by atoms with van der Waals surface area (Å²) in [5.41, 5.74) is 7.20. The highest BCUT2D eigenvalue weighted by molar-refractivity contribution is 6.06.